The van der Waals surface area contributed by atoms with Crippen LogP contribution in [-0.4, -0.2) is 43.1 Å². The highest BCUT2D eigenvalue weighted by atomic mass is 15.2. The summed E-state index contributed by atoms with van der Waals surface area (Å²) in [5.74, 6) is 0. The molecule has 0 spiro atoms. The fourth-order valence-electron chi connectivity index (χ4n) is 2.71. The first kappa shape index (κ1) is 13.3. The van der Waals surface area contributed by atoms with Crippen molar-refractivity contribution < 1.29 is 0 Å². The van der Waals surface area contributed by atoms with Gasteiger partial charge in [0.05, 0.1) is 0 Å². The molecule has 0 aliphatic carbocycles. The lowest BCUT2D eigenvalue weighted by molar-refractivity contribution is 0.248. The van der Waals surface area contributed by atoms with E-state index in [0.717, 1.165) is 17.8 Å². The van der Waals surface area contributed by atoms with Crippen LogP contribution in [0, 0.1) is 6.92 Å². The summed E-state index contributed by atoms with van der Waals surface area (Å²) in [6.45, 7) is 4.92. The lowest BCUT2D eigenvalue weighted by atomic mass is 10.0. The molecule has 1 aromatic heterocycles. The molecule has 4 nitrogen and oxygen atoms in total. The molecule has 4 heteroatoms. The van der Waals surface area contributed by atoms with Crippen molar-refractivity contribution in [3.63, 3.8) is 0 Å². The molecule has 18 heavy (non-hydrogen) atoms. The van der Waals surface area contributed by atoms with Crippen LogP contribution in [0.1, 0.15) is 24.1 Å². The molecule has 0 amide bonds. The summed E-state index contributed by atoms with van der Waals surface area (Å²) in [4.78, 5) is 9.12. The molecule has 2 rings (SSSR count). The molecule has 1 saturated heterocycles. The Balaban J connectivity index is 2.21. The summed E-state index contributed by atoms with van der Waals surface area (Å²) in [6, 6.07) is 2.73. The highest BCUT2D eigenvalue weighted by molar-refractivity contribution is 5.54. The van der Waals surface area contributed by atoms with E-state index in [1.165, 1.54) is 25.1 Å². The van der Waals surface area contributed by atoms with Gasteiger partial charge in [0.1, 0.15) is 0 Å². The molecule has 2 heterocycles. The Kier molecular flexibility index (Phi) is 4.19. The van der Waals surface area contributed by atoms with Crippen LogP contribution in [0.15, 0.2) is 12.3 Å². The van der Waals surface area contributed by atoms with Crippen molar-refractivity contribution in [3.8, 4) is 0 Å². The van der Waals surface area contributed by atoms with Crippen LogP contribution in [0.2, 0.25) is 0 Å². The van der Waals surface area contributed by atoms with Crippen molar-refractivity contribution in [1.29, 1.82) is 0 Å². The predicted octanol–water partition coefficient (Wildman–Crippen LogP) is 1.38. The summed E-state index contributed by atoms with van der Waals surface area (Å²) in [6.07, 6.45) is 4.44. The molecule has 1 atom stereocenters. The van der Waals surface area contributed by atoms with Crippen LogP contribution in [0.5, 0.6) is 0 Å². The van der Waals surface area contributed by atoms with Gasteiger partial charge >= 0.3 is 0 Å². The number of hydrogen-bond acceptors (Lipinski definition) is 4. The second-order valence-corrected chi connectivity index (χ2v) is 5.33. The Bertz CT molecular complexity index is 405. The van der Waals surface area contributed by atoms with Crippen LogP contribution in [0.3, 0.4) is 0 Å². The first-order chi connectivity index (χ1) is 8.61. The molecular weight excluding hydrogens is 224 g/mol. The van der Waals surface area contributed by atoms with Crippen molar-refractivity contribution in [2.45, 2.75) is 32.4 Å². The fourth-order valence-corrected chi connectivity index (χ4v) is 2.71. The van der Waals surface area contributed by atoms with Gasteiger partial charge in [0.2, 0.25) is 0 Å². The maximum atomic E-state index is 5.82. The number of aryl methyl sites for hydroxylation is 1. The zero-order valence-corrected chi connectivity index (χ0v) is 11.7. The maximum Gasteiger partial charge on any atom is 0.0445 e. The summed E-state index contributed by atoms with van der Waals surface area (Å²) in [5, 5.41) is 0. The number of hydrogen-bond donors (Lipinski definition) is 1. The van der Waals surface area contributed by atoms with Crippen molar-refractivity contribution in [2.75, 3.05) is 32.1 Å². The molecule has 0 radical (unpaired) electrons. The molecule has 0 saturated carbocycles. The van der Waals surface area contributed by atoms with Crippen LogP contribution < -0.4 is 10.6 Å². The third-order valence-electron chi connectivity index (χ3n) is 3.85. The Morgan fingerprint density at radius 2 is 2.33 bits per heavy atom. The molecule has 1 aliphatic rings. The van der Waals surface area contributed by atoms with E-state index in [1.54, 1.807) is 0 Å². The van der Waals surface area contributed by atoms with Gasteiger partial charge in [0, 0.05) is 49.3 Å². The third-order valence-corrected chi connectivity index (χ3v) is 3.85. The van der Waals surface area contributed by atoms with E-state index >= 15 is 0 Å². The summed E-state index contributed by atoms with van der Waals surface area (Å²) < 4.78 is 0. The topological polar surface area (TPSA) is 45.4 Å². The average molecular weight is 248 g/mol. The van der Waals surface area contributed by atoms with Crippen LogP contribution in [-0.2, 0) is 6.54 Å². The Morgan fingerprint density at radius 1 is 1.56 bits per heavy atom. The molecule has 0 bridgehead atoms. The third kappa shape index (κ3) is 2.82. The summed E-state index contributed by atoms with van der Waals surface area (Å²) in [7, 11) is 4.37. The van der Waals surface area contributed by atoms with E-state index in [-0.39, 0.29) is 0 Å². The van der Waals surface area contributed by atoms with Gasteiger partial charge in [-0.2, -0.15) is 0 Å². The van der Waals surface area contributed by atoms with Crippen LogP contribution >= 0.6 is 0 Å². The SMILES string of the molecule is Cc1cc(N(C)C2CCCN(C)C2)c(CN)cn1. The van der Waals surface area contributed by atoms with Gasteiger partial charge in [0.15, 0.2) is 0 Å². The summed E-state index contributed by atoms with van der Waals surface area (Å²) in [5.41, 5.74) is 9.25. The molecule has 1 fully saturated rings. The monoisotopic (exact) mass is 248 g/mol. The molecule has 100 valence electrons. The largest absolute Gasteiger partial charge is 0.370 e. The average Bonchev–Trinajstić information content (AvgIpc) is 2.38. The highest BCUT2D eigenvalue weighted by Gasteiger charge is 2.22. The van der Waals surface area contributed by atoms with Gasteiger partial charge in [-0.1, -0.05) is 0 Å². The van der Waals surface area contributed by atoms with E-state index in [4.69, 9.17) is 5.73 Å². The van der Waals surface area contributed by atoms with Crippen molar-refractivity contribution in [1.82, 2.24) is 9.88 Å². The van der Waals surface area contributed by atoms with Gasteiger partial charge in [-0.05, 0) is 39.4 Å². The normalized spacial score (nSPS) is 21.0. The molecule has 1 aromatic rings. The number of piperidine rings is 1. The minimum atomic E-state index is 0.551. The fraction of sp³-hybridized carbons (Fsp3) is 0.643. The zero-order chi connectivity index (χ0) is 13.1. The molecule has 0 aromatic carbocycles. The van der Waals surface area contributed by atoms with E-state index in [0.29, 0.717) is 12.6 Å². The van der Waals surface area contributed by atoms with E-state index in [1.807, 2.05) is 13.1 Å². The van der Waals surface area contributed by atoms with E-state index in [2.05, 4.69) is 34.9 Å². The Hall–Kier alpha value is -1.13. The molecule has 1 unspecified atom stereocenters. The quantitative estimate of drug-likeness (QED) is 0.878. The number of nitrogens with two attached hydrogens (primary N) is 1. The first-order valence-electron chi connectivity index (χ1n) is 6.68. The standard InChI is InChI=1S/C14H24N4/c1-11-7-14(12(8-15)9-16-11)18(3)13-5-4-6-17(2)10-13/h7,9,13H,4-6,8,10,15H2,1-3H3. The predicted molar refractivity (Wildman–Crippen MR) is 75.8 cm³/mol. The number of aromatic nitrogens is 1. The van der Waals surface area contributed by atoms with Gasteiger partial charge in [-0.15, -0.1) is 0 Å². The van der Waals surface area contributed by atoms with Crippen molar-refractivity contribution >= 4 is 5.69 Å². The summed E-state index contributed by atoms with van der Waals surface area (Å²) >= 11 is 0. The van der Waals surface area contributed by atoms with Gasteiger partial charge in [-0.25, -0.2) is 0 Å². The molecule has 1 aliphatic heterocycles. The number of likely N-dealkylation sites (N-methyl/N-ethyl adjacent to an activating group) is 2. The number of nitrogens with zero attached hydrogens (tertiary/aromatic N) is 3. The number of likely N-dealkylation sites (tertiary alicyclic amines) is 1. The van der Waals surface area contributed by atoms with Crippen LogP contribution in [0.25, 0.3) is 0 Å². The Labute approximate surface area is 110 Å². The van der Waals surface area contributed by atoms with E-state index in [9.17, 15) is 0 Å². The van der Waals surface area contributed by atoms with Gasteiger partial charge in [0.25, 0.3) is 0 Å². The van der Waals surface area contributed by atoms with Crippen molar-refractivity contribution in [2.24, 2.45) is 5.73 Å². The number of rotatable bonds is 3. The lowest BCUT2D eigenvalue weighted by Crippen LogP contribution is -2.45. The smallest absolute Gasteiger partial charge is 0.0445 e. The molecule has 2 N–H and O–H groups in total. The first-order valence-corrected chi connectivity index (χ1v) is 6.68. The Morgan fingerprint density at radius 3 is 3.00 bits per heavy atom. The second-order valence-electron chi connectivity index (χ2n) is 5.33. The van der Waals surface area contributed by atoms with Crippen molar-refractivity contribution in [3.05, 3.63) is 23.5 Å². The van der Waals surface area contributed by atoms with Gasteiger partial charge < -0.3 is 15.5 Å². The van der Waals surface area contributed by atoms with Gasteiger partial charge in [-0.3, -0.25) is 4.98 Å². The number of pyridine rings is 1. The highest BCUT2D eigenvalue weighted by Crippen LogP contribution is 2.24. The minimum absolute atomic E-state index is 0.551. The zero-order valence-electron chi connectivity index (χ0n) is 11.7. The van der Waals surface area contributed by atoms with Crippen LogP contribution in [0.4, 0.5) is 5.69 Å². The lowest BCUT2D eigenvalue weighted by Gasteiger charge is -2.38. The van der Waals surface area contributed by atoms with E-state index < -0.39 is 0 Å². The number of anilines is 1. The maximum absolute atomic E-state index is 5.82. The molecular formula is C14H24N4. The minimum Gasteiger partial charge on any atom is -0.370 e. The second kappa shape index (κ2) is 5.67.